The number of hydrogen-bond acceptors (Lipinski definition) is 3. The van der Waals surface area contributed by atoms with Crippen molar-refractivity contribution in [2.75, 3.05) is 27.3 Å². The third-order valence-corrected chi connectivity index (χ3v) is 2.60. The van der Waals surface area contributed by atoms with Gasteiger partial charge in [-0.15, -0.1) is 0 Å². The predicted molar refractivity (Wildman–Crippen MR) is 64.0 cm³/mol. The number of hydrogen-bond donors (Lipinski definition) is 0. The Balaban J connectivity index is 2.74. The molecular formula is C13H18N2O. The van der Waals surface area contributed by atoms with Crippen LogP contribution >= 0.6 is 0 Å². The fourth-order valence-electron chi connectivity index (χ4n) is 1.54. The van der Waals surface area contributed by atoms with Crippen LogP contribution in [0.15, 0.2) is 24.3 Å². The van der Waals surface area contributed by atoms with Crippen molar-refractivity contribution in [1.29, 1.82) is 5.26 Å². The monoisotopic (exact) mass is 218 g/mol. The van der Waals surface area contributed by atoms with Gasteiger partial charge in [0.05, 0.1) is 12.7 Å². The van der Waals surface area contributed by atoms with E-state index < -0.39 is 0 Å². The second kappa shape index (κ2) is 6.26. The number of aryl methyl sites for hydroxylation is 1. The zero-order chi connectivity index (χ0) is 12.0. The fourth-order valence-corrected chi connectivity index (χ4v) is 1.54. The van der Waals surface area contributed by atoms with Gasteiger partial charge >= 0.3 is 0 Å². The van der Waals surface area contributed by atoms with Crippen molar-refractivity contribution >= 4 is 0 Å². The second-order valence-corrected chi connectivity index (χ2v) is 3.92. The van der Waals surface area contributed by atoms with Gasteiger partial charge in [0.15, 0.2) is 0 Å². The van der Waals surface area contributed by atoms with Gasteiger partial charge in [-0.05, 0) is 19.5 Å². The van der Waals surface area contributed by atoms with Crippen molar-refractivity contribution in [3.05, 3.63) is 35.4 Å². The molecule has 0 heterocycles. The number of nitriles is 1. The summed E-state index contributed by atoms with van der Waals surface area (Å²) in [4.78, 5) is 1.99. The summed E-state index contributed by atoms with van der Waals surface area (Å²) in [6.07, 6.45) is 0. The Kier molecular flexibility index (Phi) is 4.97. The normalized spacial score (nSPS) is 12.4. The lowest BCUT2D eigenvalue weighted by Crippen LogP contribution is -2.27. The summed E-state index contributed by atoms with van der Waals surface area (Å²) in [5.41, 5.74) is 2.24. The predicted octanol–water partition coefficient (Wildman–Crippen LogP) is 2.14. The molecule has 1 atom stereocenters. The minimum Gasteiger partial charge on any atom is -0.383 e. The number of nitrogens with zero attached hydrogens (tertiary/aromatic N) is 2. The largest absolute Gasteiger partial charge is 0.383 e. The quantitative estimate of drug-likeness (QED) is 0.759. The van der Waals surface area contributed by atoms with Crippen LogP contribution in [-0.2, 0) is 4.74 Å². The maximum Gasteiger partial charge on any atom is 0.123 e. The lowest BCUT2D eigenvalue weighted by Gasteiger charge is -2.22. The second-order valence-electron chi connectivity index (χ2n) is 3.92. The molecule has 1 aromatic rings. The van der Waals surface area contributed by atoms with Gasteiger partial charge in [0.1, 0.15) is 6.04 Å². The molecule has 0 aliphatic rings. The van der Waals surface area contributed by atoms with E-state index in [1.165, 1.54) is 5.56 Å². The van der Waals surface area contributed by atoms with Gasteiger partial charge in [-0.25, -0.2) is 0 Å². The van der Waals surface area contributed by atoms with E-state index in [4.69, 9.17) is 4.74 Å². The van der Waals surface area contributed by atoms with E-state index in [-0.39, 0.29) is 6.04 Å². The molecule has 0 amide bonds. The summed E-state index contributed by atoms with van der Waals surface area (Å²) >= 11 is 0. The maximum absolute atomic E-state index is 9.19. The molecule has 1 unspecified atom stereocenters. The van der Waals surface area contributed by atoms with Crippen molar-refractivity contribution in [3.63, 3.8) is 0 Å². The smallest absolute Gasteiger partial charge is 0.123 e. The average molecular weight is 218 g/mol. The van der Waals surface area contributed by atoms with Crippen molar-refractivity contribution < 1.29 is 4.74 Å². The highest BCUT2D eigenvalue weighted by molar-refractivity contribution is 5.27. The Labute approximate surface area is 97.3 Å². The number of methoxy groups -OCH3 is 1. The van der Waals surface area contributed by atoms with Crippen LogP contribution in [0.2, 0.25) is 0 Å². The van der Waals surface area contributed by atoms with E-state index in [0.717, 1.165) is 12.1 Å². The van der Waals surface area contributed by atoms with Crippen molar-refractivity contribution in [2.45, 2.75) is 13.0 Å². The van der Waals surface area contributed by atoms with E-state index in [1.807, 2.05) is 43.1 Å². The van der Waals surface area contributed by atoms with Gasteiger partial charge in [-0.2, -0.15) is 5.26 Å². The molecule has 3 nitrogen and oxygen atoms in total. The molecule has 0 saturated carbocycles. The minimum atomic E-state index is -0.198. The van der Waals surface area contributed by atoms with Gasteiger partial charge in [0.25, 0.3) is 0 Å². The highest BCUT2D eigenvalue weighted by Crippen LogP contribution is 2.18. The zero-order valence-electron chi connectivity index (χ0n) is 10.1. The number of benzene rings is 1. The molecule has 0 spiro atoms. The van der Waals surface area contributed by atoms with E-state index in [0.29, 0.717) is 6.61 Å². The van der Waals surface area contributed by atoms with Crippen molar-refractivity contribution in [3.8, 4) is 6.07 Å². The van der Waals surface area contributed by atoms with Gasteiger partial charge in [-0.3, -0.25) is 4.90 Å². The van der Waals surface area contributed by atoms with Gasteiger partial charge < -0.3 is 4.74 Å². The van der Waals surface area contributed by atoms with Crippen LogP contribution in [0.25, 0.3) is 0 Å². The summed E-state index contributed by atoms with van der Waals surface area (Å²) in [7, 11) is 3.61. The summed E-state index contributed by atoms with van der Waals surface area (Å²) in [6, 6.07) is 10.2. The minimum absolute atomic E-state index is 0.198. The van der Waals surface area contributed by atoms with Crippen LogP contribution in [0.4, 0.5) is 0 Å². The Hall–Kier alpha value is -1.37. The van der Waals surface area contributed by atoms with Crippen LogP contribution < -0.4 is 0 Å². The van der Waals surface area contributed by atoms with Crippen molar-refractivity contribution in [1.82, 2.24) is 4.90 Å². The molecule has 0 bridgehead atoms. The number of rotatable bonds is 5. The molecule has 1 rings (SSSR count). The topological polar surface area (TPSA) is 36.3 Å². The number of ether oxygens (including phenoxy) is 1. The molecule has 0 aromatic heterocycles. The van der Waals surface area contributed by atoms with Crippen LogP contribution in [-0.4, -0.2) is 32.2 Å². The highest BCUT2D eigenvalue weighted by atomic mass is 16.5. The molecule has 0 aliphatic carbocycles. The molecule has 0 saturated heterocycles. The summed E-state index contributed by atoms with van der Waals surface area (Å²) < 4.78 is 5.01. The molecule has 3 heteroatoms. The van der Waals surface area contributed by atoms with E-state index in [2.05, 4.69) is 6.07 Å². The average Bonchev–Trinajstić information content (AvgIpc) is 2.30. The lowest BCUT2D eigenvalue weighted by molar-refractivity contribution is 0.151. The maximum atomic E-state index is 9.19. The first-order valence-corrected chi connectivity index (χ1v) is 5.34. The van der Waals surface area contributed by atoms with E-state index in [1.54, 1.807) is 7.11 Å². The third kappa shape index (κ3) is 3.34. The Bertz CT molecular complexity index is 353. The van der Waals surface area contributed by atoms with E-state index in [9.17, 15) is 5.26 Å². The van der Waals surface area contributed by atoms with Crippen LogP contribution in [0.1, 0.15) is 17.2 Å². The standard InChI is InChI=1S/C13H18N2O/c1-11-4-6-12(7-5-11)13(10-14)15(2)8-9-16-3/h4-7,13H,8-9H2,1-3H3. The van der Waals surface area contributed by atoms with Crippen LogP contribution in [0.3, 0.4) is 0 Å². The third-order valence-electron chi connectivity index (χ3n) is 2.60. The molecule has 16 heavy (non-hydrogen) atoms. The highest BCUT2D eigenvalue weighted by Gasteiger charge is 2.15. The Morgan fingerprint density at radius 2 is 2.00 bits per heavy atom. The molecule has 0 radical (unpaired) electrons. The molecule has 1 aromatic carbocycles. The van der Waals surface area contributed by atoms with Gasteiger partial charge in [-0.1, -0.05) is 29.8 Å². The molecule has 86 valence electrons. The lowest BCUT2D eigenvalue weighted by atomic mass is 10.1. The first kappa shape index (κ1) is 12.7. The molecular weight excluding hydrogens is 200 g/mol. The zero-order valence-corrected chi connectivity index (χ0v) is 10.1. The van der Waals surface area contributed by atoms with Crippen molar-refractivity contribution in [2.24, 2.45) is 0 Å². The SMILES string of the molecule is COCCN(C)C(C#N)c1ccc(C)cc1. The first-order chi connectivity index (χ1) is 7.69. The van der Waals surface area contributed by atoms with Gasteiger partial charge in [0.2, 0.25) is 0 Å². The van der Waals surface area contributed by atoms with Crippen LogP contribution in [0.5, 0.6) is 0 Å². The molecule has 0 fully saturated rings. The van der Waals surface area contributed by atoms with E-state index >= 15 is 0 Å². The van der Waals surface area contributed by atoms with Gasteiger partial charge in [0, 0.05) is 13.7 Å². The summed E-state index contributed by atoms with van der Waals surface area (Å²) in [6.45, 7) is 3.43. The summed E-state index contributed by atoms with van der Waals surface area (Å²) in [5.74, 6) is 0. The summed E-state index contributed by atoms with van der Waals surface area (Å²) in [5, 5.41) is 9.19. The Morgan fingerprint density at radius 1 is 1.38 bits per heavy atom. The number of likely N-dealkylation sites (N-methyl/N-ethyl adjacent to an activating group) is 1. The van der Waals surface area contributed by atoms with Crippen LogP contribution in [0, 0.1) is 18.3 Å². The molecule has 0 N–H and O–H groups in total. The Morgan fingerprint density at radius 3 is 2.50 bits per heavy atom. The first-order valence-electron chi connectivity index (χ1n) is 5.34. The fraction of sp³-hybridized carbons (Fsp3) is 0.462. The molecule has 0 aliphatic heterocycles.